The third-order valence-corrected chi connectivity index (χ3v) is 0.999. The molecular weight excluding hydrogens is 174 g/mol. The van der Waals surface area contributed by atoms with Crippen molar-refractivity contribution in [3.63, 3.8) is 0 Å². The van der Waals surface area contributed by atoms with Crippen molar-refractivity contribution < 1.29 is 20.1 Å². The molecule has 0 spiro atoms. The molecule has 0 aliphatic carbocycles. The Labute approximate surface area is 75.1 Å². The summed E-state index contributed by atoms with van der Waals surface area (Å²) in [6.07, 6.45) is 0. The summed E-state index contributed by atoms with van der Waals surface area (Å²) in [5, 5.41) is 24.9. The zero-order valence-electron chi connectivity index (χ0n) is 7.06. The number of phenols is 2. The first-order valence-electron chi connectivity index (χ1n) is 3.40. The van der Waals surface area contributed by atoms with Crippen molar-refractivity contribution >= 4 is 11.7 Å². The number of nitrogens with two attached hydrogens (primary N) is 1. The molecule has 5 heteroatoms. The first-order valence-corrected chi connectivity index (χ1v) is 3.40. The highest BCUT2D eigenvalue weighted by Gasteiger charge is 1.95. The smallest absolute Gasteiger partial charge is 0.300 e. The van der Waals surface area contributed by atoms with Crippen LogP contribution in [0, 0.1) is 0 Å². The number of carboxylic acid groups (broad SMARTS) is 1. The van der Waals surface area contributed by atoms with Crippen LogP contribution in [0.5, 0.6) is 11.5 Å². The molecule has 72 valence electrons. The van der Waals surface area contributed by atoms with Gasteiger partial charge in [-0.25, -0.2) is 0 Å². The van der Waals surface area contributed by atoms with Gasteiger partial charge in [0.05, 0.1) is 0 Å². The standard InChI is InChI=1S/C6H7NO2.C2H4O2/c7-4-1-2-5(8)6(9)3-4;1-2(3)4/h1-3,8-9H,7H2;1H3,(H,3,4). The molecule has 1 aromatic rings. The van der Waals surface area contributed by atoms with E-state index in [-0.39, 0.29) is 11.5 Å². The Bertz CT molecular complexity index is 294. The molecule has 0 heterocycles. The molecule has 1 aromatic carbocycles. The summed E-state index contributed by atoms with van der Waals surface area (Å²) in [6.45, 7) is 1.08. The third kappa shape index (κ3) is 5.37. The maximum atomic E-state index is 9.00. The van der Waals surface area contributed by atoms with Crippen LogP contribution in [0.1, 0.15) is 6.92 Å². The molecule has 0 aliphatic heterocycles. The summed E-state index contributed by atoms with van der Waals surface area (Å²) in [7, 11) is 0. The highest BCUT2D eigenvalue weighted by molar-refractivity contribution is 5.62. The molecule has 0 aliphatic rings. The zero-order chi connectivity index (χ0) is 10.4. The number of phenolic OH excluding ortho intramolecular Hbond substituents is 2. The lowest BCUT2D eigenvalue weighted by Crippen LogP contribution is -1.81. The lowest BCUT2D eigenvalue weighted by Gasteiger charge is -1.95. The van der Waals surface area contributed by atoms with E-state index in [9.17, 15) is 0 Å². The van der Waals surface area contributed by atoms with Crippen LogP contribution in [0.15, 0.2) is 18.2 Å². The quantitative estimate of drug-likeness (QED) is 0.271. The lowest BCUT2D eigenvalue weighted by molar-refractivity contribution is -0.134. The van der Waals surface area contributed by atoms with Gasteiger partial charge in [0, 0.05) is 18.7 Å². The van der Waals surface area contributed by atoms with Gasteiger partial charge in [-0.05, 0) is 12.1 Å². The van der Waals surface area contributed by atoms with Gasteiger partial charge in [-0.2, -0.15) is 0 Å². The Morgan fingerprint density at radius 2 is 1.77 bits per heavy atom. The van der Waals surface area contributed by atoms with E-state index < -0.39 is 5.97 Å². The average molecular weight is 185 g/mol. The number of rotatable bonds is 0. The second-order valence-electron chi connectivity index (χ2n) is 2.27. The number of carboxylic acids is 1. The molecule has 1 rings (SSSR count). The molecular formula is C8H11NO4. The molecule has 5 nitrogen and oxygen atoms in total. The van der Waals surface area contributed by atoms with Crippen molar-refractivity contribution in [2.24, 2.45) is 0 Å². The number of hydrogen-bond acceptors (Lipinski definition) is 4. The predicted molar refractivity (Wildman–Crippen MR) is 47.5 cm³/mol. The highest BCUT2D eigenvalue weighted by atomic mass is 16.4. The summed E-state index contributed by atoms with van der Waals surface area (Å²) < 4.78 is 0. The van der Waals surface area contributed by atoms with E-state index >= 15 is 0 Å². The maximum Gasteiger partial charge on any atom is 0.300 e. The molecule has 0 saturated heterocycles. The molecule has 0 unspecified atom stereocenters. The Hall–Kier alpha value is -1.91. The van der Waals surface area contributed by atoms with Crippen LogP contribution >= 0.6 is 0 Å². The predicted octanol–water partition coefficient (Wildman–Crippen LogP) is 0.771. The van der Waals surface area contributed by atoms with Gasteiger partial charge in [0.15, 0.2) is 11.5 Å². The minimum atomic E-state index is -0.833. The second-order valence-corrected chi connectivity index (χ2v) is 2.27. The normalized spacial score (nSPS) is 8.38. The molecule has 0 radical (unpaired) electrons. The van der Waals surface area contributed by atoms with E-state index in [1.54, 1.807) is 0 Å². The number of hydrogen-bond donors (Lipinski definition) is 4. The molecule has 0 fully saturated rings. The van der Waals surface area contributed by atoms with E-state index in [1.807, 2.05) is 0 Å². The third-order valence-electron chi connectivity index (χ3n) is 0.999. The molecule has 13 heavy (non-hydrogen) atoms. The number of anilines is 1. The summed E-state index contributed by atoms with van der Waals surface area (Å²) in [4.78, 5) is 9.00. The van der Waals surface area contributed by atoms with Crippen LogP contribution < -0.4 is 5.73 Å². The van der Waals surface area contributed by atoms with Crippen molar-refractivity contribution in [3.05, 3.63) is 18.2 Å². The van der Waals surface area contributed by atoms with E-state index in [1.165, 1.54) is 18.2 Å². The Morgan fingerprint density at radius 3 is 2.08 bits per heavy atom. The first kappa shape index (κ1) is 11.1. The summed E-state index contributed by atoms with van der Waals surface area (Å²) in [5.41, 5.74) is 5.69. The van der Waals surface area contributed by atoms with Gasteiger partial charge in [0.2, 0.25) is 0 Å². The van der Waals surface area contributed by atoms with Gasteiger partial charge >= 0.3 is 0 Å². The molecule has 5 N–H and O–H groups in total. The fraction of sp³-hybridized carbons (Fsp3) is 0.125. The van der Waals surface area contributed by atoms with Crippen LogP contribution in [0.4, 0.5) is 5.69 Å². The molecule has 0 atom stereocenters. The fourth-order valence-corrected chi connectivity index (χ4v) is 0.540. The zero-order valence-corrected chi connectivity index (χ0v) is 7.06. The van der Waals surface area contributed by atoms with Crippen LogP contribution in [-0.4, -0.2) is 21.3 Å². The Kier molecular flexibility index (Phi) is 4.15. The number of benzene rings is 1. The number of carbonyl (C=O) groups is 1. The van der Waals surface area contributed by atoms with Gasteiger partial charge in [-0.3, -0.25) is 4.79 Å². The van der Waals surface area contributed by atoms with Crippen LogP contribution in [0.2, 0.25) is 0 Å². The van der Waals surface area contributed by atoms with Crippen molar-refractivity contribution in [3.8, 4) is 11.5 Å². The minimum Gasteiger partial charge on any atom is -0.504 e. The topological polar surface area (TPSA) is 104 Å². The van der Waals surface area contributed by atoms with Crippen molar-refractivity contribution in [2.45, 2.75) is 6.92 Å². The summed E-state index contributed by atoms with van der Waals surface area (Å²) in [6, 6.07) is 4.13. The minimum absolute atomic E-state index is 0.149. The molecule has 0 saturated carbocycles. The number of aromatic hydroxyl groups is 2. The monoisotopic (exact) mass is 185 g/mol. The van der Waals surface area contributed by atoms with Crippen LogP contribution in [0.3, 0.4) is 0 Å². The van der Waals surface area contributed by atoms with E-state index in [0.29, 0.717) is 5.69 Å². The number of nitrogen functional groups attached to an aromatic ring is 1. The fourth-order valence-electron chi connectivity index (χ4n) is 0.540. The largest absolute Gasteiger partial charge is 0.504 e. The van der Waals surface area contributed by atoms with Crippen LogP contribution in [-0.2, 0) is 4.79 Å². The molecule has 0 aromatic heterocycles. The van der Waals surface area contributed by atoms with Crippen molar-refractivity contribution in [2.75, 3.05) is 5.73 Å². The van der Waals surface area contributed by atoms with Crippen LogP contribution in [0.25, 0.3) is 0 Å². The highest BCUT2D eigenvalue weighted by Crippen LogP contribution is 2.25. The lowest BCUT2D eigenvalue weighted by atomic mass is 10.3. The first-order chi connectivity index (χ1) is 5.93. The maximum absolute atomic E-state index is 9.00. The molecule has 0 amide bonds. The molecule has 0 bridgehead atoms. The van der Waals surface area contributed by atoms with E-state index in [2.05, 4.69) is 0 Å². The van der Waals surface area contributed by atoms with Gasteiger partial charge in [-0.1, -0.05) is 0 Å². The SMILES string of the molecule is CC(=O)O.Nc1ccc(O)c(O)c1. The second kappa shape index (κ2) is 4.87. The Balaban J connectivity index is 0.000000310. The Morgan fingerprint density at radius 1 is 1.31 bits per heavy atom. The van der Waals surface area contributed by atoms with E-state index in [0.717, 1.165) is 6.92 Å². The summed E-state index contributed by atoms with van der Waals surface area (Å²) >= 11 is 0. The van der Waals surface area contributed by atoms with E-state index in [4.69, 9.17) is 25.8 Å². The van der Waals surface area contributed by atoms with Crippen molar-refractivity contribution in [1.82, 2.24) is 0 Å². The van der Waals surface area contributed by atoms with Gasteiger partial charge in [-0.15, -0.1) is 0 Å². The number of aliphatic carboxylic acids is 1. The average Bonchev–Trinajstić information content (AvgIpc) is 1.96. The van der Waals surface area contributed by atoms with Gasteiger partial charge in [0.25, 0.3) is 5.97 Å². The van der Waals surface area contributed by atoms with Gasteiger partial charge in [0.1, 0.15) is 0 Å². The van der Waals surface area contributed by atoms with Crippen molar-refractivity contribution in [1.29, 1.82) is 0 Å². The van der Waals surface area contributed by atoms with Gasteiger partial charge < -0.3 is 21.1 Å². The summed E-state index contributed by atoms with van der Waals surface area (Å²) in [5.74, 6) is -1.17.